The summed E-state index contributed by atoms with van der Waals surface area (Å²) in [6.07, 6.45) is 5.49. The van der Waals surface area contributed by atoms with Gasteiger partial charge >= 0.3 is 6.09 Å². The average molecular weight is 227 g/mol. The first kappa shape index (κ1) is 11.4. The van der Waals surface area contributed by atoms with Gasteiger partial charge in [-0.3, -0.25) is 0 Å². The van der Waals surface area contributed by atoms with Crippen LogP contribution >= 0.6 is 0 Å². The van der Waals surface area contributed by atoms with Crippen LogP contribution in [0, 0.1) is 0 Å². The maximum Gasteiger partial charge on any atom is 0.407 e. The third-order valence-electron chi connectivity index (χ3n) is 2.92. The summed E-state index contributed by atoms with van der Waals surface area (Å²) in [6, 6.07) is 0.0268. The van der Waals surface area contributed by atoms with Gasteiger partial charge in [0.1, 0.15) is 0 Å². The van der Waals surface area contributed by atoms with Gasteiger partial charge in [-0.25, -0.2) is 4.79 Å². The second-order valence-electron chi connectivity index (χ2n) is 4.02. The van der Waals surface area contributed by atoms with Crippen LogP contribution in [0.4, 0.5) is 4.79 Å². The standard InChI is InChI=1S/C11H17NO4/c13-11(14)12-6-2-4-9(12)3-1-5-10-15-7-8-16-10/h1,3,9-10H,2,4-8H2,(H,13,14)/t9-/m1/s1. The Hall–Kier alpha value is -1.07. The van der Waals surface area contributed by atoms with Crippen LogP contribution in [0.1, 0.15) is 19.3 Å². The molecule has 2 aliphatic heterocycles. The Morgan fingerprint density at radius 2 is 2.19 bits per heavy atom. The number of rotatable bonds is 3. The summed E-state index contributed by atoms with van der Waals surface area (Å²) in [7, 11) is 0. The lowest BCUT2D eigenvalue weighted by Crippen LogP contribution is -2.32. The molecule has 0 aromatic rings. The fraction of sp³-hybridized carbons (Fsp3) is 0.727. The van der Waals surface area contributed by atoms with E-state index in [4.69, 9.17) is 14.6 Å². The van der Waals surface area contributed by atoms with Crippen molar-refractivity contribution in [3.05, 3.63) is 12.2 Å². The summed E-state index contributed by atoms with van der Waals surface area (Å²) >= 11 is 0. The van der Waals surface area contributed by atoms with Crippen molar-refractivity contribution in [3.63, 3.8) is 0 Å². The van der Waals surface area contributed by atoms with Crippen molar-refractivity contribution in [2.24, 2.45) is 0 Å². The lowest BCUT2D eigenvalue weighted by Gasteiger charge is -2.18. The molecule has 0 spiro atoms. The zero-order valence-corrected chi connectivity index (χ0v) is 9.17. The van der Waals surface area contributed by atoms with E-state index in [0.717, 1.165) is 12.8 Å². The fourth-order valence-corrected chi connectivity index (χ4v) is 2.12. The molecule has 0 unspecified atom stereocenters. The number of amides is 1. The van der Waals surface area contributed by atoms with Crippen molar-refractivity contribution in [1.82, 2.24) is 4.90 Å². The molecule has 1 atom stereocenters. The van der Waals surface area contributed by atoms with Crippen LogP contribution in [-0.2, 0) is 9.47 Å². The van der Waals surface area contributed by atoms with E-state index in [-0.39, 0.29) is 12.3 Å². The van der Waals surface area contributed by atoms with E-state index in [1.165, 1.54) is 4.90 Å². The number of hydrogen-bond donors (Lipinski definition) is 1. The largest absolute Gasteiger partial charge is 0.465 e. The van der Waals surface area contributed by atoms with E-state index in [1.54, 1.807) is 0 Å². The zero-order valence-electron chi connectivity index (χ0n) is 9.17. The van der Waals surface area contributed by atoms with Crippen LogP contribution in [0.5, 0.6) is 0 Å². The quantitative estimate of drug-likeness (QED) is 0.741. The molecular weight excluding hydrogens is 210 g/mol. The summed E-state index contributed by atoms with van der Waals surface area (Å²) in [5.41, 5.74) is 0. The molecule has 1 N–H and O–H groups in total. The van der Waals surface area contributed by atoms with Crippen LogP contribution in [0.3, 0.4) is 0 Å². The van der Waals surface area contributed by atoms with Crippen molar-refractivity contribution in [2.75, 3.05) is 19.8 Å². The van der Waals surface area contributed by atoms with Crippen molar-refractivity contribution < 1.29 is 19.4 Å². The Labute approximate surface area is 94.6 Å². The molecule has 5 nitrogen and oxygen atoms in total. The van der Waals surface area contributed by atoms with Crippen molar-refractivity contribution in [2.45, 2.75) is 31.6 Å². The summed E-state index contributed by atoms with van der Waals surface area (Å²) in [6.45, 7) is 1.95. The molecule has 2 saturated heterocycles. The Bertz CT molecular complexity index is 273. The molecule has 2 fully saturated rings. The summed E-state index contributed by atoms with van der Waals surface area (Å²) in [4.78, 5) is 12.4. The van der Waals surface area contributed by atoms with Gasteiger partial charge in [0.05, 0.1) is 19.3 Å². The van der Waals surface area contributed by atoms with Crippen LogP contribution in [0.15, 0.2) is 12.2 Å². The van der Waals surface area contributed by atoms with Gasteiger partial charge in [-0.05, 0) is 12.8 Å². The van der Waals surface area contributed by atoms with Gasteiger partial charge < -0.3 is 19.5 Å². The highest BCUT2D eigenvalue weighted by Gasteiger charge is 2.26. The minimum absolute atomic E-state index is 0.0268. The van der Waals surface area contributed by atoms with E-state index < -0.39 is 6.09 Å². The van der Waals surface area contributed by atoms with Gasteiger partial charge in [0, 0.05) is 13.0 Å². The van der Waals surface area contributed by atoms with Crippen LogP contribution < -0.4 is 0 Å². The van der Waals surface area contributed by atoms with E-state index >= 15 is 0 Å². The average Bonchev–Trinajstić information content (AvgIpc) is 2.87. The van der Waals surface area contributed by atoms with E-state index in [1.807, 2.05) is 12.2 Å². The molecule has 0 bridgehead atoms. The molecule has 1 amide bonds. The highest BCUT2D eigenvalue weighted by Crippen LogP contribution is 2.19. The summed E-state index contributed by atoms with van der Waals surface area (Å²) in [5.74, 6) is 0. The molecular formula is C11H17NO4. The zero-order chi connectivity index (χ0) is 11.4. The molecule has 0 aromatic carbocycles. The van der Waals surface area contributed by atoms with Gasteiger partial charge in [-0.15, -0.1) is 0 Å². The molecule has 2 aliphatic rings. The van der Waals surface area contributed by atoms with Crippen LogP contribution in [0.2, 0.25) is 0 Å². The molecule has 2 heterocycles. The van der Waals surface area contributed by atoms with Crippen LogP contribution in [0.25, 0.3) is 0 Å². The van der Waals surface area contributed by atoms with Crippen molar-refractivity contribution >= 4 is 6.09 Å². The number of nitrogens with zero attached hydrogens (tertiary/aromatic N) is 1. The van der Waals surface area contributed by atoms with Gasteiger partial charge in [0.15, 0.2) is 6.29 Å². The second-order valence-corrected chi connectivity index (χ2v) is 4.02. The van der Waals surface area contributed by atoms with Crippen LogP contribution in [-0.4, -0.2) is 48.2 Å². The minimum Gasteiger partial charge on any atom is -0.465 e. The van der Waals surface area contributed by atoms with E-state index in [2.05, 4.69) is 0 Å². The molecule has 0 radical (unpaired) electrons. The molecule has 5 heteroatoms. The first-order valence-corrected chi connectivity index (χ1v) is 5.67. The first-order chi connectivity index (χ1) is 7.77. The predicted molar refractivity (Wildman–Crippen MR) is 57.2 cm³/mol. The molecule has 0 aromatic heterocycles. The lowest BCUT2D eigenvalue weighted by atomic mass is 10.2. The number of carboxylic acid groups (broad SMARTS) is 1. The highest BCUT2D eigenvalue weighted by molar-refractivity contribution is 5.66. The maximum atomic E-state index is 10.9. The SMILES string of the molecule is O=C(O)N1CCC[C@H]1C=CCC1OCCO1. The second kappa shape index (κ2) is 5.32. The first-order valence-electron chi connectivity index (χ1n) is 5.67. The molecule has 2 rings (SSSR count). The normalized spacial score (nSPS) is 27.0. The number of carbonyl (C=O) groups is 1. The van der Waals surface area contributed by atoms with E-state index in [9.17, 15) is 4.79 Å². The minimum atomic E-state index is -0.833. The summed E-state index contributed by atoms with van der Waals surface area (Å²) < 4.78 is 10.6. The molecule has 0 aliphatic carbocycles. The monoisotopic (exact) mass is 227 g/mol. The van der Waals surface area contributed by atoms with E-state index in [0.29, 0.717) is 26.2 Å². The van der Waals surface area contributed by atoms with Gasteiger partial charge in [0.25, 0.3) is 0 Å². The highest BCUT2D eigenvalue weighted by atomic mass is 16.7. The smallest absolute Gasteiger partial charge is 0.407 e. The molecule has 90 valence electrons. The Kier molecular flexibility index (Phi) is 3.79. The Morgan fingerprint density at radius 3 is 2.88 bits per heavy atom. The topological polar surface area (TPSA) is 59.0 Å². The Balaban J connectivity index is 1.79. The number of ether oxygens (including phenoxy) is 2. The fourth-order valence-electron chi connectivity index (χ4n) is 2.12. The van der Waals surface area contributed by atoms with Crippen molar-refractivity contribution in [3.8, 4) is 0 Å². The number of hydrogen-bond acceptors (Lipinski definition) is 3. The van der Waals surface area contributed by atoms with Gasteiger partial charge in [0.2, 0.25) is 0 Å². The number of likely N-dealkylation sites (tertiary alicyclic amines) is 1. The van der Waals surface area contributed by atoms with Gasteiger partial charge in [-0.1, -0.05) is 12.2 Å². The third-order valence-corrected chi connectivity index (χ3v) is 2.92. The molecule has 16 heavy (non-hydrogen) atoms. The Morgan fingerprint density at radius 1 is 1.44 bits per heavy atom. The maximum absolute atomic E-state index is 10.9. The molecule has 0 saturated carbocycles. The summed E-state index contributed by atoms with van der Waals surface area (Å²) in [5, 5.41) is 8.94. The predicted octanol–water partition coefficient (Wildman–Crippen LogP) is 1.45. The van der Waals surface area contributed by atoms with Gasteiger partial charge in [-0.2, -0.15) is 0 Å². The van der Waals surface area contributed by atoms with Crippen molar-refractivity contribution in [1.29, 1.82) is 0 Å². The lowest BCUT2D eigenvalue weighted by molar-refractivity contribution is -0.0381. The third kappa shape index (κ3) is 2.74.